The fourth-order valence-corrected chi connectivity index (χ4v) is 1.66. The van der Waals surface area contributed by atoms with Gasteiger partial charge in [-0.15, -0.1) is 12.4 Å². The zero-order valence-electron chi connectivity index (χ0n) is 8.62. The number of rotatable bonds is 6. The van der Waals surface area contributed by atoms with Crippen LogP contribution in [0.15, 0.2) is 0 Å². The van der Waals surface area contributed by atoms with Crippen molar-refractivity contribution in [2.45, 2.75) is 45.0 Å². The molecule has 0 saturated carbocycles. The van der Waals surface area contributed by atoms with Gasteiger partial charge in [-0.1, -0.05) is 44.7 Å². The Morgan fingerprint density at radius 3 is 2.43 bits per heavy atom. The Morgan fingerprint density at radius 1 is 1.50 bits per heavy atom. The van der Waals surface area contributed by atoms with Crippen molar-refractivity contribution in [2.75, 3.05) is 0 Å². The van der Waals surface area contributed by atoms with E-state index in [0.29, 0.717) is 0 Å². The van der Waals surface area contributed by atoms with Crippen LogP contribution in [0.3, 0.4) is 0 Å². The van der Waals surface area contributed by atoms with E-state index in [0.717, 1.165) is 25.7 Å². The molecule has 14 heavy (non-hydrogen) atoms. The molecule has 0 saturated heterocycles. The summed E-state index contributed by atoms with van der Waals surface area (Å²) < 4.78 is 0. The highest BCUT2D eigenvalue weighted by molar-refractivity contribution is 6.21. The molecule has 0 rings (SSSR count). The molecule has 1 amide bonds. The third kappa shape index (κ3) is 7.27. The van der Waals surface area contributed by atoms with E-state index in [-0.39, 0.29) is 18.3 Å². The van der Waals surface area contributed by atoms with Crippen molar-refractivity contribution in [1.29, 1.82) is 0 Å². The third-order valence-electron chi connectivity index (χ3n) is 2.13. The van der Waals surface area contributed by atoms with Crippen LogP contribution < -0.4 is 5.32 Å². The molecule has 2 unspecified atom stereocenters. The van der Waals surface area contributed by atoms with E-state index in [1.54, 1.807) is 0 Å². The summed E-state index contributed by atoms with van der Waals surface area (Å²) in [5, 5.41) is 10.7. The molecule has 5 heteroatoms. The second-order valence-electron chi connectivity index (χ2n) is 3.16. The molecule has 0 aromatic heterocycles. The molecule has 2 atom stereocenters. The summed E-state index contributed by atoms with van der Waals surface area (Å²) >= 11 is 5.89. The van der Waals surface area contributed by atoms with Crippen LogP contribution in [0.5, 0.6) is 0 Å². The molecule has 0 radical (unpaired) electrons. The van der Waals surface area contributed by atoms with Gasteiger partial charge in [0.05, 0.1) is 0 Å². The summed E-state index contributed by atoms with van der Waals surface area (Å²) in [6, 6.07) is 0. The molecule has 86 valence electrons. The van der Waals surface area contributed by atoms with Crippen molar-refractivity contribution in [2.24, 2.45) is 5.92 Å². The van der Waals surface area contributed by atoms with Crippen molar-refractivity contribution in [3.8, 4) is 0 Å². The molecule has 0 spiro atoms. The zero-order chi connectivity index (χ0) is 10.3. The first-order chi connectivity index (χ1) is 6.11. The number of carbonyl (C=O) groups is 1. The van der Waals surface area contributed by atoms with E-state index in [4.69, 9.17) is 16.7 Å². The maximum atomic E-state index is 10.3. The van der Waals surface area contributed by atoms with Gasteiger partial charge in [-0.05, 0) is 12.3 Å². The Labute approximate surface area is 96.6 Å². The van der Waals surface area contributed by atoms with E-state index in [2.05, 4.69) is 12.2 Å². The summed E-state index contributed by atoms with van der Waals surface area (Å²) in [5.74, 6) is 0.248. The molecule has 2 N–H and O–H groups in total. The Balaban J connectivity index is 0. The highest BCUT2D eigenvalue weighted by atomic mass is 35.5. The van der Waals surface area contributed by atoms with Crippen molar-refractivity contribution in [3.05, 3.63) is 0 Å². The number of carboxylic acid groups (broad SMARTS) is 1. The van der Waals surface area contributed by atoms with Crippen LogP contribution in [0, 0.1) is 5.92 Å². The largest absolute Gasteiger partial charge is 0.465 e. The van der Waals surface area contributed by atoms with Crippen LogP contribution in [0.1, 0.15) is 39.5 Å². The number of amides is 1. The summed E-state index contributed by atoms with van der Waals surface area (Å²) in [7, 11) is 0. The minimum atomic E-state index is -1.05. The molecular weight excluding hydrogens is 225 g/mol. The summed E-state index contributed by atoms with van der Waals surface area (Å²) in [6.07, 6.45) is 3.07. The number of halogens is 2. The third-order valence-corrected chi connectivity index (χ3v) is 2.59. The lowest BCUT2D eigenvalue weighted by atomic mass is 9.99. The van der Waals surface area contributed by atoms with E-state index >= 15 is 0 Å². The maximum absolute atomic E-state index is 10.3. The molecule has 0 aliphatic carbocycles. The van der Waals surface area contributed by atoms with Gasteiger partial charge in [-0.2, -0.15) is 0 Å². The van der Waals surface area contributed by atoms with Crippen molar-refractivity contribution >= 4 is 30.1 Å². The van der Waals surface area contributed by atoms with Gasteiger partial charge < -0.3 is 10.4 Å². The summed E-state index contributed by atoms with van der Waals surface area (Å²) in [5.41, 5.74) is -0.450. The molecule has 0 aliphatic rings. The normalized spacial score (nSPS) is 13.9. The highest BCUT2D eigenvalue weighted by Crippen LogP contribution is 2.19. The first-order valence-corrected chi connectivity index (χ1v) is 5.19. The van der Waals surface area contributed by atoms with Crippen LogP contribution >= 0.6 is 24.0 Å². The van der Waals surface area contributed by atoms with Crippen LogP contribution in [0.25, 0.3) is 0 Å². The molecule has 0 heterocycles. The van der Waals surface area contributed by atoms with E-state index in [1.165, 1.54) is 0 Å². The van der Waals surface area contributed by atoms with Gasteiger partial charge in [0, 0.05) is 0 Å². The van der Waals surface area contributed by atoms with E-state index < -0.39 is 11.6 Å². The average molecular weight is 244 g/mol. The predicted molar refractivity (Wildman–Crippen MR) is 61.4 cm³/mol. The standard InChI is InChI=1S/C9H18ClNO2.ClH/c1-3-5-6-7(4-2)8(10)11-9(12)13;/h7-8,11H,3-6H2,1-2H3,(H,12,13);1H. The average Bonchev–Trinajstić information content (AvgIpc) is 2.04. The van der Waals surface area contributed by atoms with Gasteiger partial charge in [-0.25, -0.2) is 4.79 Å². The van der Waals surface area contributed by atoms with E-state index in [1.807, 2.05) is 6.92 Å². The number of hydrogen-bond donors (Lipinski definition) is 2. The zero-order valence-corrected chi connectivity index (χ0v) is 10.2. The van der Waals surface area contributed by atoms with Crippen LogP contribution in [0.2, 0.25) is 0 Å². The molecule has 0 bridgehead atoms. The predicted octanol–water partition coefficient (Wildman–Crippen LogP) is 3.46. The Morgan fingerprint density at radius 2 is 2.07 bits per heavy atom. The first kappa shape index (κ1) is 16.3. The first-order valence-electron chi connectivity index (χ1n) is 4.75. The number of hydrogen-bond acceptors (Lipinski definition) is 1. The number of unbranched alkanes of at least 4 members (excludes halogenated alkanes) is 1. The second-order valence-corrected chi connectivity index (χ2v) is 3.63. The fourth-order valence-electron chi connectivity index (χ4n) is 1.26. The van der Waals surface area contributed by atoms with Gasteiger partial charge >= 0.3 is 6.09 Å². The quantitative estimate of drug-likeness (QED) is 0.555. The van der Waals surface area contributed by atoms with E-state index in [9.17, 15) is 4.79 Å². The van der Waals surface area contributed by atoms with Gasteiger partial charge in [0.2, 0.25) is 0 Å². The minimum Gasteiger partial charge on any atom is -0.465 e. The van der Waals surface area contributed by atoms with Gasteiger partial charge in [-0.3, -0.25) is 0 Å². The molecule has 3 nitrogen and oxygen atoms in total. The molecule has 0 aliphatic heterocycles. The minimum absolute atomic E-state index is 0. The molecule has 0 fully saturated rings. The topological polar surface area (TPSA) is 49.3 Å². The van der Waals surface area contributed by atoms with Crippen LogP contribution in [-0.2, 0) is 0 Å². The Bertz CT molecular complexity index is 156. The molecule has 0 aromatic carbocycles. The number of nitrogens with one attached hydrogen (secondary N) is 1. The maximum Gasteiger partial charge on any atom is 0.405 e. The van der Waals surface area contributed by atoms with Gasteiger partial charge in [0.1, 0.15) is 5.50 Å². The number of alkyl halides is 1. The second kappa shape index (κ2) is 9.41. The van der Waals surface area contributed by atoms with Crippen LogP contribution in [0.4, 0.5) is 4.79 Å². The fraction of sp³-hybridized carbons (Fsp3) is 0.889. The SMILES string of the molecule is CCCCC(CC)C(Cl)NC(=O)O.Cl. The van der Waals surface area contributed by atoms with Crippen molar-refractivity contribution in [3.63, 3.8) is 0 Å². The lowest BCUT2D eigenvalue weighted by Gasteiger charge is -2.20. The van der Waals surface area contributed by atoms with Gasteiger partial charge in [0.15, 0.2) is 0 Å². The Kier molecular flexibility index (Phi) is 10.9. The van der Waals surface area contributed by atoms with Crippen LogP contribution in [-0.4, -0.2) is 16.7 Å². The lowest BCUT2D eigenvalue weighted by molar-refractivity contribution is 0.189. The van der Waals surface area contributed by atoms with Crippen molar-refractivity contribution in [1.82, 2.24) is 5.32 Å². The van der Waals surface area contributed by atoms with Gasteiger partial charge in [0.25, 0.3) is 0 Å². The van der Waals surface area contributed by atoms with Crippen molar-refractivity contribution < 1.29 is 9.90 Å². The smallest absolute Gasteiger partial charge is 0.405 e. The Hall–Kier alpha value is -0.150. The summed E-state index contributed by atoms with van der Waals surface area (Å²) in [6.45, 7) is 4.14. The highest BCUT2D eigenvalue weighted by Gasteiger charge is 2.18. The summed E-state index contributed by atoms with van der Waals surface area (Å²) in [4.78, 5) is 10.3. The monoisotopic (exact) mass is 243 g/mol. The molecule has 0 aromatic rings. The molecular formula is C9H19Cl2NO2. The lowest BCUT2D eigenvalue weighted by Crippen LogP contribution is -2.35.